The van der Waals surface area contributed by atoms with Gasteiger partial charge in [-0.25, -0.2) is 0 Å². The van der Waals surface area contributed by atoms with Gasteiger partial charge in [-0.15, -0.1) is 0 Å². The van der Waals surface area contributed by atoms with Crippen molar-refractivity contribution < 1.29 is 9.21 Å². The number of amides is 1. The molecule has 2 heterocycles. The predicted molar refractivity (Wildman–Crippen MR) is 120 cm³/mol. The molecule has 1 aromatic carbocycles. The standard InChI is InChI=1S/C22H30ClN5O2/c1-17-8-15-30-20(17)21(29)25-9-3-10-26-22(24-2)28-13-11-27(12-14-28)16-18-4-6-19(23)7-5-18/h4-8,15H,3,9-14,16H2,1-2H3,(H,24,26)(H,25,29). The molecule has 0 unspecified atom stereocenters. The first-order chi connectivity index (χ1) is 14.6. The number of guanidine groups is 1. The molecule has 0 bridgehead atoms. The first-order valence-corrected chi connectivity index (χ1v) is 10.7. The van der Waals surface area contributed by atoms with Gasteiger partial charge in [-0.2, -0.15) is 0 Å². The van der Waals surface area contributed by atoms with Crippen molar-refractivity contribution in [2.24, 2.45) is 4.99 Å². The number of halogens is 1. The zero-order chi connectivity index (χ0) is 21.3. The van der Waals surface area contributed by atoms with E-state index in [2.05, 4.69) is 37.6 Å². The molecule has 8 heteroatoms. The van der Waals surface area contributed by atoms with Crippen LogP contribution in [-0.2, 0) is 6.54 Å². The van der Waals surface area contributed by atoms with Crippen LogP contribution in [-0.4, -0.2) is 68.0 Å². The predicted octanol–water partition coefficient (Wildman–Crippen LogP) is 2.75. The number of hydrogen-bond acceptors (Lipinski definition) is 4. The SMILES string of the molecule is CN=C(NCCCNC(=O)c1occc1C)N1CCN(Cc2ccc(Cl)cc2)CC1. The summed E-state index contributed by atoms with van der Waals surface area (Å²) >= 11 is 5.97. The Kier molecular flexibility index (Phi) is 8.16. The Hall–Kier alpha value is -2.51. The summed E-state index contributed by atoms with van der Waals surface area (Å²) in [6, 6.07) is 9.84. The number of carbonyl (C=O) groups excluding carboxylic acids is 1. The minimum atomic E-state index is -0.168. The molecule has 0 atom stereocenters. The fourth-order valence-corrected chi connectivity index (χ4v) is 3.60. The molecule has 1 amide bonds. The van der Waals surface area contributed by atoms with E-state index in [9.17, 15) is 4.79 Å². The number of hydrogen-bond donors (Lipinski definition) is 2. The fraction of sp³-hybridized carbons (Fsp3) is 0.455. The van der Waals surface area contributed by atoms with Crippen LogP contribution in [0.15, 0.2) is 46.0 Å². The Balaban J connectivity index is 1.34. The summed E-state index contributed by atoms with van der Waals surface area (Å²) in [5, 5.41) is 7.06. The maximum atomic E-state index is 12.0. The van der Waals surface area contributed by atoms with Crippen molar-refractivity contribution in [3.63, 3.8) is 0 Å². The largest absolute Gasteiger partial charge is 0.459 e. The van der Waals surface area contributed by atoms with Crippen LogP contribution in [0.2, 0.25) is 5.02 Å². The molecule has 1 saturated heterocycles. The number of rotatable bonds is 7. The van der Waals surface area contributed by atoms with Crippen molar-refractivity contribution in [2.75, 3.05) is 46.3 Å². The van der Waals surface area contributed by atoms with Gasteiger partial charge < -0.3 is 20.0 Å². The van der Waals surface area contributed by atoms with Gasteiger partial charge in [0.05, 0.1) is 6.26 Å². The van der Waals surface area contributed by atoms with E-state index < -0.39 is 0 Å². The summed E-state index contributed by atoms with van der Waals surface area (Å²) in [7, 11) is 1.81. The highest BCUT2D eigenvalue weighted by Gasteiger charge is 2.19. The average Bonchev–Trinajstić information content (AvgIpc) is 3.19. The molecule has 1 aromatic heterocycles. The number of aryl methyl sites for hydroxylation is 1. The van der Waals surface area contributed by atoms with Crippen LogP contribution < -0.4 is 10.6 Å². The van der Waals surface area contributed by atoms with Crippen LogP contribution in [0.3, 0.4) is 0 Å². The molecule has 1 aliphatic heterocycles. The lowest BCUT2D eigenvalue weighted by Crippen LogP contribution is -2.52. The third kappa shape index (κ3) is 6.24. The molecule has 3 rings (SSSR count). The molecular formula is C22H30ClN5O2. The molecule has 2 N–H and O–H groups in total. The second kappa shape index (κ2) is 11.0. The van der Waals surface area contributed by atoms with Crippen LogP contribution >= 0.6 is 11.6 Å². The molecule has 0 saturated carbocycles. The number of furan rings is 1. The molecule has 2 aromatic rings. The maximum Gasteiger partial charge on any atom is 0.287 e. The van der Waals surface area contributed by atoms with E-state index in [0.717, 1.165) is 62.2 Å². The number of piperazine rings is 1. The Morgan fingerprint density at radius 3 is 2.43 bits per heavy atom. The highest BCUT2D eigenvalue weighted by atomic mass is 35.5. The van der Waals surface area contributed by atoms with Crippen LogP contribution in [0.25, 0.3) is 0 Å². The van der Waals surface area contributed by atoms with Crippen molar-refractivity contribution >= 4 is 23.5 Å². The van der Waals surface area contributed by atoms with Gasteiger partial charge >= 0.3 is 0 Å². The molecular weight excluding hydrogens is 402 g/mol. The monoisotopic (exact) mass is 431 g/mol. The summed E-state index contributed by atoms with van der Waals surface area (Å²) < 4.78 is 5.21. The van der Waals surface area contributed by atoms with E-state index in [-0.39, 0.29) is 5.91 Å². The van der Waals surface area contributed by atoms with Gasteiger partial charge in [-0.3, -0.25) is 14.7 Å². The van der Waals surface area contributed by atoms with Crippen molar-refractivity contribution in [1.82, 2.24) is 20.4 Å². The number of aliphatic imine (C=N–C) groups is 1. The lowest BCUT2D eigenvalue weighted by Gasteiger charge is -2.36. The minimum absolute atomic E-state index is 0.168. The van der Waals surface area contributed by atoms with Gasteiger partial charge in [-0.05, 0) is 37.1 Å². The smallest absolute Gasteiger partial charge is 0.287 e. The lowest BCUT2D eigenvalue weighted by molar-refractivity contribution is 0.0925. The molecule has 0 spiro atoms. The maximum absolute atomic E-state index is 12.0. The molecule has 1 aliphatic rings. The Bertz CT molecular complexity index is 841. The quantitative estimate of drug-likeness (QED) is 0.400. The van der Waals surface area contributed by atoms with Gasteiger partial charge in [0.1, 0.15) is 0 Å². The van der Waals surface area contributed by atoms with Crippen LogP contribution in [0.5, 0.6) is 0 Å². The van der Waals surface area contributed by atoms with Crippen molar-refractivity contribution in [3.05, 3.63) is 58.5 Å². The molecule has 1 fully saturated rings. The van der Waals surface area contributed by atoms with E-state index in [1.807, 2.05) is 26.1 Å². The first-order valence-electron chi connectivity index (χ1n) is 10.3. The van der Waals surface area contributed by atoms with E-state index in [4.69, 9.17) is 16.0 Å². The third-order valence-electron chi connectivity index (χ3n) is 5.19. The number of nitrogens with one attached hydrogen (secondary N) is 2. The number of carbonyl (C=O) groups is 1. The van der Waals surface area contributed by atoms with Gasteiger partial charge in [0, 0.05) is 63.4 Å². The van der Waals surface area contributed by atoms with E-state index >= 15 is 0 Å². The average molecular weight is 432 g/mol. The fourth-order valence-electron chi connectivity index (χ4n) is 3.47. The van der Waals surface area contributed by atoms with E-state index in [0.29, 0.717) is 12.3 Å². The topological polar surface area (TPSA) is 73.1 Å². The summed E-state index contributed by atoms with van der Waals surface area (Å²) in [6.45, 7) is 7.96. The van der Waals surface area contributed by atoms with Crippen LogP contribution in [0.1, 0.15) is 28.1 Å². The molecule has 0 radical (unpaired) electrons. The highest BCUT2D eigenvalue weighted by Crippen LogP contribution is 2.13. The van der Waals surface area contributed by atoms with Gasteiger partial charge in [-0.1, -0.05) is 23.7 Å². The summed E-state index contributed by atoms with van der Waals surface area (Å²) in [5.74, 6) is 1.13. The normalized spacial score (nSPS) is 15.3. The number of nitrogens with zero attached hydrogens (tertiary/aromatic N) is 3. The van der Waals surface area contributed by atoms with E-state index in [1.54, 1.807) is 6.07 Å². The first kappa shape index (κ1) is 22.2. The summed E-state index contributed by atoms with van der Waals surface area (Å²) in [5.41, 5.74) is 2.13. The van der Waals surface area contributed by atoms with E-state index in [1.165, 1.54) is 11.8 Å². The highest BCUT2D eigenvalue weighted by molar-refractivity contribution is 6.30. The molecule has 0 aliphatic carbocycles. The Morgan fingerprint density at radius 2 is 1.80 bits per heavy atom. The minimum Gasteiger partial charge on any atom is -0.459 e. The zero-order valence-electron chi connectivity index (χ0n) is 17.7. The van der Waals surface area contributed by atoms with Gasteiger partial charge in [0.25, 0.3) is 5.91 Å². The summed E-state index contributed by atoms with van der Waals surface area (Å²) in [6.07, 6.45) is 2.34. The second-order valence-corrected chi connectivity index (χ2v) is 7.84. The zero-order valence-corrected chi connectivity index (χ0v) is 18.4. The number of benzene rings is 1. The van der Waals surface area contributed by atoms with Crippen LogP contribution in [0.4, 0.5) is 0 Å². The second-order valence-electron chi connectivity index (χ2n) is 7.41. The van der Waals surface area contributed by atoms with Crippen molar-refractivity contribution in [3.8, 4) is 0 Å². The van der Waals surface area contributed by atoms with Crippen molar-refractivity contribution in [1.29, 1.82) is 0 Å². The van der Waals surface area contributed by atoms with Gasteiger partial charge in [0.2, 0.25) is 0 Å². The molecule has 30 heavy (non-hydrogen) atoms. The van der Waals surface area contributed by atoms with Crippen molar-refractivity contribution in [2.45, 2.75) is 19.9 Å². The Labute approximate surface area is 183 Å². The molecule has 162 valence electrons. The van der Waals surface area contributed by atoms with Crippen LogP contribution in [0, 0.1) is 6.92 Å². The third-order valence-corrected chi connectivity index (χ3v) is 5.45. The Morgan fingerprint density at radius 1 is 1.10 bits per heavy atom. The lowest BCUT2D eigenvalue weighted by atomic mass is 10.2. The molecule has 7 nitrogen and oxygen atoms in total. The van der Waals surface area contributed by atoms with Gasteiger partial charge in [0.15, 0.2) is 11.7 Å². The summed E-state index contributed by atoms with van der Waals surface area (Å²) in [4.78, 5) is 21.2.